The van der Waals surface area contributed by atoms with Crippen LogP contribution in [0.3, 0.4) is 0 Å². The van der Waals surface area contributed by atoms with Crippen molar-refractivity contribution in [3.05, 3.63) is 44.9 Å². The zero-order valence-electron chi connectivity index (χ0n) is 10.3. The van der Waals surface area contributed by atoms with E-state index in [0.717, 1.165) is 9.26 Å². The van der Waals surface area contributed by atoms with Gasteiger partial charge in [-0.15, -0.1) is 0 Å². The fourth-order valence-electron chi connectivity index (χ4n) is 1.56. The van der Waals surface area contributed by atoms with Crippen LogP contribution in [-0.2, 0) is 0 Å². The molecule has 0 saturated carbocycles. The van der Waals surface area contributed by atoms with E-state index in [0.29, 0.717) is 17.5 Å². The lowest BCUT2D eigenvalue weighted by molar-refractivity contribution is 0.0696. The van der Waals surface area contributed by atoms with E-state index in [1.165, 1.54) is 12.1 Å². The Bertz CT molecular complexity index is 624. The van der Waals surface area contributed by atoms with Crippen LogP contribution in [0, 0.1) is 17.4 Å². The van der Waals surface area contributed by atoms with E-state index in [-0.39, 0.29) is 5.56 Å². The summed E-state index contributed by atoms with van der Waals surface area (Å²) in [7, 11) is 0. The second kappa shape index (κ2) is 5.52. The van der Waals surface area contributed by atoms with Gasteiger partial charge in [0.1, 0.15) is 11.6 Å². The summed E-state index contributed by atoms with van der Waals surface area (Å²) in [6.07, 6.45) is 0. The fourth-order valence-corrected chi connectivity index (χ4v) is 2.01. The number of halogens is 1. The minimum atomic E-state index is -0.990. The molecule has 1 N–H and O–H groups in total. The second-order valence-electron chi connectivity index (χ2n) is 3.95. The third kappa shape index (κ3) is 3.40. The van der Waals surface area contributed by atoms with Crippen LogP contribution in [0.4, 0.5) is 0 Å². The quantitative estimate of drug-likeness (QED) is 0.841. The van der Waals surface area contributed by atoms with Crippen molar-refractivity contribution in [3.8, 4) is 11.6 Å². The van der Waals surface area contributed by atoms with Gasteiger partial charge in [-0.1, -0.05) is 0 Å². The number of aryl methyl sites for hydroxylation is 2. The molecule has 0 bridgehead atoms. The summed E-state index contributed by atoms with van der Waals surface area (Å²) in [5, 5.41) is 8.97. The fraction of sp³-hybridized carbons (Fsp3) is 0.154. The van der Waals surface area contributed by atoms with Gasteiger partial charge in [0.25, 0.3) is 0 Å². The summed E-state index contributed by atoms with van der Waals surface area (Å²) in [6.45, 7) is 3.62. The molecule has 0 aliphatic rings. The van der Waals surface area contributed by atoms with Crippen LogP contribution in [0.2, 0.25) is 0 Å². The lowest BCUT2D eigenvalue weighted by atomic mass is 10.2. The van der Waals surface area contributed by atoms with Crippen molar-refractivity contribution in [2.24, 2.45) is 0 Å². The van der Waals surface area contributed by atoms with Crippen molar-refractivity contribution in [1.29, 1.82) is 0 Å². The van der Waals surface area contributed by atoms with Crippen LogP contribution in [0.15, 0.2) is 24.3 Å². The van der Waals surface area contributed by atoms with Crippen molar-refractivity contribution in [1.82, 2.24) is 9.97 Å². The van der Waals surface area contributed by atoms with Crippen LogP contribution in [0.5, 0.6) is 11.6 Å². The summed E-state index contributed by atoms with van der Waals surface area (Å²) in [5.74, 6) is 0.499. The Balaban J connectivity index is 2.37. The van der Waals surface area contributed by atoms with Crippen LogP contribution in [-0.4, -0.2) is 21.0 Å². The molecule has 0 atom stereocenters. The molecule has 0 fully saturated rings. The minimum Gasteiger partial charge on any atom is -0.478 e. The van der Waals surface area contributed by atoms with Crippen LogP contribution < -0.4 is 4.74 Å². The predicted octanol–water partition coefficient (Wildman–Crippen LogP) is 3.19. The van der Waals surface area contributed by atoms with Crippen LogP contribution in [0.25, 0.3) is 0 Å². The highest BCUT2D eigenvalue weighted by Crippen LogP contribution is 2.27. The lowest BCUT2D eigenvalue weighted by Gasteiger charge is -2.08. The van der Waals surface area contributed by atoms with Crippen LogP contribution >= 0.6 is 22.6 Å². The average Bonchev–Trinajstić information content (AvgIpc) is 2.30. The summed E-state index contributed by atoms with van der Waals surface area (Å²) >= 11 is 2.08. The van der Waals surface area contributed by atoms with E-state index < -0.39 is 5.97 Å². The summed E-state index contributed by atoms with van der Waals surface area (Å²) in [5.41, 5.74) is 0.977. The number of aromatic nitrogens is 2. The van der Waals surface area contributed by atoms with Crippen molar-refractivity contribution in [2.45, 2.75) is 13.8 Å². The molecule has 19 heavy (non-hydrogen) atoms. The standard InChI is InChI=1S/C13H11IN2O3/c1-7-5-12(16-8(2)15-7)19-11-6-9(13(17)18)3-4-10(11)14/h3-6H,1-2H3,(H,17,18). The number of rotatable bonds is 3. The molecule has 0 radical (unpaired) electrons. The highest BCUT2D eigenvalue weighted by Gasteiger charge is 2.10. The maximum Gasteiger partial charge on any atom is 0.335 e. The second-order valence-corrected chi connectivity index (χ2v) is 5.11. The molecule has 0 aliphatic carbocycles. The van der Waals surface area contributed by atoms with Gasteiger partial charge in [0.2, 0.25) is 5.88 Å². The summed E-state index contributed by atoms with van der Waals surface area (Å²) in [6, 6.07) is 6.42. The van der Waals surface area contributed by atoms with E-state index in [4.69, 9.17) is 9.84 Å². The van der Waals surface area contributed by atoms with Gasteiger partial charge in [0.05, 0.1) is 9.13 Å². The SMILES string of the molecule is Cc1cc(Oc2cc(C(=O)O)ccc2I)nc(C)n1. The highest BCUT2D eigenvalue weighted by atomic mass is 127. The van der Waals surface area contributed by atoms with E-state index in [1.54, 1.807) is 19.1 Å². The first kappa shape index (κ1) is 13.7. The largest absolute Gasteiger partial charge is 0.478 e. The van der Waals surface area contributed by atoms with Crippen molar-refractivity contribution < 1.29 is 14.6 Å². The van der Waals surface area contributed by atoms with Crippen molar-refractivity contribution in [3.63, 3.8) is 0 Å². The summed E-state index contributed by atoms with van der Waals surface area (Å²) < 4.78 is 6.46. The number of hydrogen-bond donors (Lipinski definition) is 1. The van der Waals surface area contributed by atoms with E-state index in [1.807, 2.05) is 6.92 Å². The number of carboxylic acids is 1. The lowest BCUT2D eigenvalue weighted by Crippen LogP contribution is -1.99. The van der Waals surface area contributed by atoms with Gasteiger partial charge in [-0.2, -0.15) is 4.98 Å². The van der Waals surface area contributed by atoms with Gasteiger partial charge >= 0.3 is 5.97 Å². The maximum atomic E-state index is 10.9. The molecule has 1 heterocycles. The highest BCUT2D eigenvalue weighted by molar-refractivity contribution is 14.1. The molecule has 5 nitrogen and oxygen atoms in total. The predicted molar refractivity (Wildman–Crippen MR) is 77.7 cm³/mol. The number of hydrogen-bond acceptors (Lipinski definition) is 4. The normalized spacial score (nSPS) is 10.3. The number of carboxylic acid groups (broad SMARTS) is 1. The van der Waals surface area contributed by atoms with Gasteiger partial charge in [-0.05, 0) is 54.6 Å². The number of carbonyl (C=O) groups is 1. The Hall–Kier alpha value is -1.70. The zero-order valence-corrected chi connectivity index (χ0v) is 12.5. The van der Waals surface area contributed by atoms with E-state index in [9.17, 15) is 4.79 Å². The van der Waals surface area contributed by atoms with Crippen molar-refractivity contribution in [2.75, 3.05) is 0 Å². The third-order valence-electron chi connectivity index (χ3n) is 2.34. The van der Waals surface area contributed by atoms with Gasteiger partial charge in [0.15, 0.2) is 0 Å². The molecule has 0 spiro atoms. The van der Waals surface area contributed by atoms with Gasteiger partial charge in [0, 0.05) is 11.8 Å². The van der Waals surface area contributed by atoms with Gasteiger partial charge in [-0.3, -0.25) is 0 Å². The maximum absolute atomic E-state index is 10.9. The molecule has 1 aromatic heterocycles. The molecule has 98 valence electrons. The molecule has 2 rings (SSSR count). The molecule has 1 aromatic carbocycles. The first-order chi connectivity index (χ1) is 8.95. The molecule has 0 unspecified atom stereocenters. The molecular weight excluding hydrogens is 359 g/mol. The monoisotopic (exact) mass is 370 g/mol. The zero-order chi connectivity index (χ0) is 14.0. The molecule has 0 aliphatic heterocycles. The number of benzene rings is 1. The molecule has 0 saturated heterocycles. The Morgan fingerprint density at radius 1 is 1.26 bits per heavy atom. The Labute approximate surface area is 123 Å². The van der Waals surface area contributed by atoms with Crippen LogP contribution in [0.1, 0.15) is 21.9 Å². The first-order valence-corrected chi connectivity index (χ1v) is 6.56. The van der Waals surface area contributed by atoms with E-state index >= 15 is 0 Å². The number of aromatic carboxylic acids is 1. The van der Waals surface area contributed by atoms with Crippen molar-refractivity contribution >= 4 is 28.6 Å². The van der Waals surface area contributed by atoms with Gasteiger partial charge in [-0.25, -0.2) is 9.78 Å². The molecule has 2 aromatic rings. The molecule has 6 heteroatoms. The first-order valence-electron chi connectivity index (χ1n) is 5.48. The summed E-state index contributed by atoms with van der Waals surface area (Å²) in [4.78, 5) is 19.3. The Kier molecular flexibility index (Phi) is 3.98. The smallest absolute Gasteiger partial charge is 0.335 e. The number of nitrogens with zero attached hydrogens (tertiary/aromatic N) is 2. The topological polar surface area (TPSA) is 72.3 Å². The third-order valence-corrected chi connectivity index (χ3v) is 3.23. The Morgan fingerprint density at radius 3 is 2.63 bits per heavy atom. The van der Waals surface area contributed by atoms with Gasteiger partial charge < -0.3 is 9.84 Å². The van der Waals surface area contributed by atoms with E-state index in [2.05, 4.69) is 32.6 Å². The number of ether oxygens (including phenoxy) is 1. The molecular formula is C13H11IN2O3. The molecule has 0 amide bonds. The average molecular weight is 370 g/mol. The Morgan fingerprint density at radius 2 is 2.00 bits per heavy atom. The minimum absolute atomic E-state index is 0.179.